The summed E-state index contributed by atoms with van der Waals surface area (Å²) in [5.41, 5.74) is 0. The van der Waals surface area contributed by atoms with Gasteiger partial charge in [0.2, 0.25) is 6.17 Å². The van der Waals surface area contributed by atoms with E-state index in [9.17, 15) is 0 Å². The summed E-state index contributed by atoms with van der Waals surface area (Å²) >= 11 is 0. The molecule has 0 atom stereocenters. The standard InChI is InChI=1S/C3H4N4.Na.H/c1-2-3-4-6-7-5-3;;/h2-3H,1H2;;/q;+1;-1. The van der Waals surface area contributed by atoms with Crippen LogP contribution in [0.2, 0.25) is 0 Å². The smallest absolute Gasteiger partial charge is 1.00 e. The molecule has 0 radical (unpaired) electrons. The zero-order chi connectivity index (χ0) is 5.11. The van der Waals surface area contributed by atoms with Gasteiger partial charge in [-0.25, -0.2) is 0 Å². The first-order chi connectivity index (χ1) is 3.43. The van der Waals surface area contributed by atoms with E-state index in [1.54, 1.807) is 6.08 Å². The molecule has 0 unspecified atom stereocenters. The minimum Gasteiger partial charge on any atom is -1.00 e. The first-order valence-corrected chi connectivity index (χ1v) is 1.86. The Bertz CT molecular complexity index is 122. The molecule has 0 amide bonds. The first kappa shape index (κ1) is 7.94. The van der Waals surface area contributed by atoms with Crippen LogP contribution >= 0.6 is 0 Å². The Morgan fingerprint density at radius 2 is 1.88 bits per heavy atom. The number of nitrogens with zero attached hydrogens (tertiary/aromatic N) is 4. The van der Waals surface area contributed by atoms with Gasteiger partial charge in [0.1, 0.15) is 0 Å². The van der Waals surface area contributed by atoms with Crippen molar-refractivity contribution >= 4 is 0 Å². The molecule has 0 bridgehead atoms. The summed E-state index contributed by atoms with van der Waals surface area (Å²) in [6, 6.07) is 0. The van der Waals surface area contributed by atoms with Crippen molar-refractivity contribution in [1.82, 2.24) is 0 Å². The van der Waals surface area contributed by atoms with Gasteiger partial charge >= 0.3 is 29.6 Å². The largest absolute Gasteiger partial charge is 1.00 e. The Labute approximate surface area is 70.5 Å². The maximum atomic E-state index is 3.53. The van der Waals surface area contributed by atoms with Gasteiger partial charge in [0.25, 0.3) is 0 Å². The molecular weight excluding hydrogens is 115 g/mol. The van der Waals surface area contributed by atoms with E-state index in [0.29, 0.717) is 0 Å². The number of rotatable bonds is 1. The van der Waals surface area contributed by atoms with Gasteiger partial charge in [-0.15, -0.1) is 10.2 Å². The maximum Gasteiger partial charge on any atom is 1.00 e. The molecule has 0 N–H and O–H groups in total. The molecule has 0 saturated carbocycles. The minimum absolute atomic E-state index is 0. The van der Waals surface area contributed by atoms with E-state index < -0.39 is 0 Å². The van der Waals surface area contributed by atoms with Gasteiger partial charge in [-0.2, -0.15) is 0 Å². The quantitative estimate of drug-likeness (QED) is 0.297. The van der Waals surface area contributed by atoms with E-state index in [0.717, 1.165) is 0 Å². The van der Waals surface area contributed by atoms with Gasteiger partial charge in [0, 0.05) is 0 Å². The predicted octanol–water partition coefficient (Wildman–Crippen LogP) is -1.55. The van der Waals surface area contributed by atoms with Crippen LogP contribution in [-0.2, 0) is 0 Å². The molecule has 1 heterocycles. The zero-order valence-electron chi connectivity index (χ0n) is 5.65. The van der Waals surface area contributed by atoms with Crippen LogP contribution in [0.1, 0.15) is 1.43 Å². The molecule has 38 valence electrons. The van der Waals surface area contributed by atoms with Crippen LogP contribution in [0.5, 0.6) is 0 Å². The Kier molecular flexibility index (Phi) is 3.85. The van der Waals surface area contributed by atoms with Crippen LogP contribution in [0.4, 0.5) is 0 Å². The van der Waals surface area contributed by atoms with Crippen LogP contribution in [0.15, 0.2) is 33.3 Å². The van der Waals surface area contributed by atoms with Crippen molar-refractivity contribution in [3.63, 3.8) is 0 Å². The predicted molar refractivity (Wildman–Crippen MR) is 24.8 cm³/mol. The third-order valence-corrected chi connectivity index (χ3v) is 0.591. The van der Waals surface area contributed by atoms with Crippen molar-refractivity contribution in [3.05, 3.63) is 12.7 Å². The molecule has 4 nitrogen and oxygen atoms in total. The first-order valence-electron chi connectivity index (χ1n) is 1.86. The minimum atomic E-state index is -0.222. The Balaban J connectivity index is 0. The van der Waals surface area contributed by atoms with Crippen molar-refractivity contribution in [2.45, 2.75) is 6.17 Å². The topological polar surface area (TPSA) is 49.4 Å². The number of hydrogen-bond acceptors (Lipinski definition) is 4. The Hall–Kier alpha value is -0.0600. The van der Waals surface area contributed by atoms with Crippen LogP contribution in [0.3, 0.4) is 0 Å². The molecular formula is C3H5N4Na. The van der Waals surface area contributed by atoms with E-state index in [-0.39, 0.29) is 37.1 Å². The molecule has 0 aromatic carbocycles. The maximum absolute atomic E-state index is 3.53. The molecule has 1 rings (SSSR count). The molecule has 0 aliphatic carbocycles. The average Bonchev–Trinajstić information content (AvgIpc) is 2.14. The molecule has 0 aromatic heterocycles. The van der Waals surface area contributed by atoms with E-state index in [1.807, 2.05) is 0 Å². The second kappa shape index (κ2) is 3.88. The second-order valence-electron chi connectivity index (χ2n) is 1.06. The van der Waals surface area contributed by atoms with E-state index in [4.69, 9.17) is 0 Å². The third-order valence-electron chi connectivity index (χ3n) is 0.591. The van der Waals surface area contributed by atoms with Crippen LogP contribution in [0, 0.1) is 0 Å². The van der Waals surface area contributed by atoms with Crippen molar-refractivity contribution in [3.8, 4) is 0 Å². The van der Waals surface area contributed by atoms with Gasteiger partial charge in [0.05, 0.1) is 0 Å². The summed E-state index contributed by atoms with van der Waals surface area (Å²) in [7, 11) is 0. The second-order valence-corrected chi connectivity index (χ2v) is 1.06. The summed E-state index contributed by atoms with van der Waals surface area (Å²) in [4.78, 5) is 0. The fraction of sp³-hybridized carbons (Fsp3) is 0.333. The molecule has 5 heteroatoms. The Morgan fingerprint density at radius 3 is 2.12 bits per heavy atom. The molecule has 0 spiro atoms. The average molecular weight is 120 g/mol. The number of hydrogen-bond donors (Lipinski definition) is 0. The Morgan fingerprint density at radius 1 is 1.38 bits per heavy atom. The fourth-order valence-electron chi connectivity index (χ4n) is 0.269. The fourth-order valence-corrected chi connectivity index (χ4v) is 0.269. The van der Waals surface area contributed by atoms with Crippen LogP contribution in [0.25, 0.3) is 0 Å². The summed E-state index contributed by atoms with van der Waals surface area (Å²) in [6.07, 6.45) is 1.35. The van der Waals surface area contributed by atoms with Crippen molar-refractivity contribution in [2.75, 3.05) is 0 Å². The van der Waals surface area contributed by atoms with E-state index >= 15 is 0 Å². The summed E-state index contributed by atoms with van der Waals surface area (Å²) < 4.78 is 0. The van der Waals surface area contributed by atoms with Crippen molar-refractivity contribution in [1.29, 1.82) is 0 Å². The van der Waals surface area contributed by atoms with Crippen molar-refractivity contribution < 1.29 is 31.0 Å². The van der Waals surface area contributed by atoms with Gasteiger partial charge in [0.15, 0.2) is 0 Å². The molecule has 1 aliphatic heterocycles. The molecule has 0 aromatic rings. The molecule has 0 fully saturated rings. The van der Waals surface area contributed by atoms with Crippen LogP contribution in [-0.4, -0.2) is 6.17 Å². The molecule has 8 heavy (non-hydrogen) atoms. The summed E-state index contributed by atoms with van der Waals surface area (Å²) in [5, 5.41) is 13.6. The van der Waals surface area contributed by atoms with Crippen molar-refractivity contribution in [2.24, 2.45) is 20.7 Å². The normalized spacial score (nSPS) is 16.0. The van der Waals surface area contributed by atoms with E-state index in [2.05, 4.69) is 27.3 Å². The van der Waals surface area contributed by atoms with E-state index in [1.165, 1.54) is 0 Å². The monoisotopic (exact) mass is 120 g/mol. The van der Waals surface area contributed by atoms with Gasteiger partial charge < -0.3 is 1.43 Å². The third kappa shape index (κ3) is 1.81. The summed E-state index contributed by atoms with van der Waals surface area (Å²) in [5.74, 6) is 0. The van der Waals surface area contributed by atoms with Gasteiger partial charge in [-0.3, -0.25) is 0 Å². The zero-order valence-corrected chi connectivity index (χ0v) is 6.65. The van der Waals surface area contributed by atoms with Gasteiger partial charge in [-0.1, -0.05) is 6.58 Å². The summed E-state index contributed by atoms with van der Waals surface area (Å²) in [6.45, 7) is 3.44. The van der Waals surface area contributed by atoms with Crippen LogP contribution < -0.4 is 29.6 Å². The SMILES string of the molecule is C=CC1N=NN=N1.[H-].[Na+]. The molecule has 1 aliphatic rings. The molecule has 0 saturated heterocycles. The van der Waals surface area contributed by atoms with Gasteiger partial charge in [-0.05, 0) is 16.5 Å².